The molecule has 0 fully saturated rings. The van der Waals surface area contributed by atoms with Crippen LogP contribution < -0.4 is 5.32 Å². The fourth-order valence-electron chi connectivity index (χ4n) is 2.05. The molecule has 0 aliphatic carbocycles. The number of para-hydroxylation sites is 1. The molecule has 0 amide bonds. The number of hydrogen-bond acceptors (Lipinski definition) is 7. The van der Waals surface area contributed by atoms with Crippen LogP contribution in [0, 0.1) is 0 Å². The minimum absolute atomic E-state index is 0.715. The van der Waals surface area contributed by atoms with Gasteiger partial charge in [0.2, 0.25) is 10.9 Å². The van der Waals surface area contributed by atoms with Gasteiger partial charge in [-0.25, -0.2) is 9.97 Å². The molecule has 0 spiro atoms. The van der Waals surface area contributed by atoms with E-state index in [0.29, 0.717) is 5.78 Å². The largest absolute Gasteiger partial charge is 0.330 e. The molecule has 4 aromatic rings. The monoisotopic (exact) mass is 340 g/mol. The Labute approximate surface area is 140 Å². The van der Waals surface area contributed by atoms with Crippen LogP contribution in [-0.4, -0.2) is 24.6 Å². The fraction of sp³-hybridized carbons (Fsp3) is 0.0667. The number of anilines is 2. The van der Waals surface area contributed by atoms with Crippen molar-refractivity contribution in [2.75, 3.05) is 5.32 Å². The van der Waals surface area contributed by atoms with E-state index in [9.17, 15) is 0 Å². The molecular formula is C15H12N6S2. The molecule has 0 unspecified atom stereocenters. The predicted octanol–water partition coefficient (Wildman–Crippen LogP) is 3.62. The molecule has 3 heterocycles. The van der Waals surface area contributed by atoms with Gasteiger partial charge in [-0.05, 0) is 18.2 Å². The Morgan fingerprint density at radius 3 is 2.91 bits per heavy atom. The Bertz CT molecular complexity index is 885. The Morgan fingerprint density at radius 1 is 1.13 bits per heavy atom. The number of nitrogens with zero attached hydrogens (tertiary/aromatic N) is 5. The SMILES string of the molecule is c1ccc(Nc2nnc(SCc3cn4cccnc4n3)s2)cc1. The van der Waals surface area contributed by atoms with Crippen LogP contribution in [0.15, 0.2) is 59.3 Å². The molecule has 0 bridgehead atoms. The van der Waals surface area contributed by atoms with E-state index in [1.165, 1.54) is 11.3 Å². The van der Waals surface area contributed by atoms with Gasteiger partial charge in [0.05, 0.1) is 5.69 Å². The average Bonchev–Trinajstić information content (AvgIpc) is 3.20. The van der Waals surface area contributed by atoms with Crippen LogP contribution in [0.3, 0.4) is 0 Å². The second-order valence-corrected chi connectivity index (χ2v) is 6.91. The van der Waals surface area contributed by atoms with Crippen LogP contribution in [0.25, 0.3) is 5.78 Å². The molecule has 4 rings (SSSR count). The van der Waals surface area contributed by atoms with Gasteiger partial charge in [-0.2, -0.15) is 0 Å². The van der Waals surface area contributed by atoms with Gasteiger partial charge in [0, 0.05) is 30.0 Å². The number of hydrogen-bond donors (Lipinski definition) is 1. The van der Waals surface area contributed by atoms with Crippen molar-refractivity contribution >= 4 is 39.7 Å². The van der Waals surface area contributed by atoms with Crippen LogP contribution in [-0.2, 0) is 5.75 Å². The van der Waals surface area contributed by atoms with E-state index < -0.39 is 0 Å². The first-order chi connectivity index (χ1) is 11.4. The van der Waals surface area contributed by atoms with Gasteiger partial charge in [0.25, 0.3) is 0 Å². The van der Waals surface area contributed by atoms with Crippen molar-refractivity contribution in [3.8, 4) is 0 Å². The van der Waals surface area contributed by atoms with Gasteiger partial charge in [-0.1, -0.05) is 41.3 Å². The van der Waals surface area contributed by atoms with Gasteiger partial charge >= 0.3 is 0 Å². The summed E-state index contributed by atoms with van der Waals surface area (Å²) in [4.78, 5) is 8.69. The van der Waals surface area contributed by atoms with E-state index in [2.05, 4.69) is 25.5 Å². The second kappa shape index (κ2) is 6.35. The third-order valence-electron chi connectivity index (χ3n) is 3.06. The summed E-state index contributed by atoms with van der Waals surface area (Å²) < 4.78 is 2.83. The number of rotatable bonds is 5. The topological polar surface area (TPSA) is 68.0 Å². The zero-order chi connectivity index (χ0) is 15.5. The Hall–Kier alpha value is -2.45. The molecule has 8 heteroatoms. The van der Waals surface area contributed by atoms with Crippen molar-refractivity contribution in [2.24, 2.45) is 0 Å². The molecule has 0 saturated heterocycles. The highest BCUT2D eigenvalue weighted by Gasteiger charge is 2.08. The minimum atomic E-state index is 0.715. The molecule has 1 N–H and O–H groups in total. The Kier molecular flexibility index (Phi) is 3.91. The lowest BCUT2D eigenvalue weighted by molar-refractivity contribution is 1.01. The van der Waals surface area contributed by atoms with E-state index in [4.69, 9.17) is 0 Å². The molecular weight excluding hydrogens is 328 g/mol. The van der Waals surface area contributed by atoms with Gasteiger partial charge < -0.3 is 5.32 Å². The third kappa shape index (κ3) is 3.33. The maximum Gasteiger partial charge on any atom is 0.233 e. The molecule has 0 aliphatic heterocycles. The summed E-state index contributed by atoms with van der Waals surface area (Å²) in [7, 11) is 0. The summed E-state index contributed by atoms with van der Waals surface area (Å²) in [6, 6.07) is 11.8. The Morgan fingerprint density at radius 2 is 2.04 bits per heavy atom. The van der Waals surface area contributed by atoms with Gasteiger partial charge in [-0.15, -0.1) is 10.2 Å². The number of thioether (sulfide) groups is 1. The van der Waals surface area contributed by atoms with Crippen LogP contribution in [0.4, 0.5) is 10.8 Å². The third-order valence-corrected chi connectivity index (χ3v) is 5.07. The standard InChI is InChI=1S/C15H12N6S2/c1-2-5-11(6-3-1)18-14-19-20-15(23-14)22-10-12-9-21-8-4-7-16-13(21)17-12/h1-9H,10H2,(H,18,19). The molecule has 6 nitrogen and oxygen atoms in total. The lowest BCUT2D eigenvalue weighted by atomic mass is 10.3. The zero-order valence-electron chi connectivity index (χ0n) is 12.0. The highest BCUT2D eigenvalue weighted by molar-refractivity contribution is 8.00. The number of fused-ring (bicyclic) bond motifs is 1. The quantitative estimate of drug-likeness (QED) is 0.560. The lowest BCUT2D eigenvalue weighted by Crippen LogP contribution is -1.87. The van der Waals surface area contributed by atoms with E-state index in [-0.39, 0.29) is 0 Å². The second-order valence-electron chi connectivity index (χ2n) is 4.71. The Balaban J connectivity index is 1.41. The molecule has 114 valence electrons. The summed E-state index contributed by atoms with van der Waals surface area (Å²) in [6.45, 7) is 0. The molecule has 0 saturated carbocycles. The normalized spacial score (nSPS) is 11.0. The summed E-state index contributed by atoms with van der Waals surface area (Å²) >= 11 is 3.15. The zero-order valence-corrected chi connectivity index (χ0v) is 13.6. The number of benzene rings is 1. The first kappa shape index (κ1) is 14.2. The number of imidazole rings is 1. The number of aromatic nitrogens is 5. The van der Waals surface area contributed by atoms with Crippen molar-refractivity contribution in [3.05, 3.63) is 60.7 Å². The molecule has 0 aliphatic rings. The highest BCUT2D eigenvalue weighted by Crippen LogP contribution is 2.29. The predicted molar refractivity (Wildman–Crippen MR) is 92.2 cm³/mol. The molecule has 1 aromatic carbocycles. The van der Waals surface area contributed by atoms with Crippen molar-refractivity contribution < 1.29 is 0 Å². The molecule has 0 atom stereocenters. The molecule has 3 aromatic heterocycles. The van der Waals surface area contributed by atoms with E-state index >= 15 is 0 Å². The summed E-state index contributed by atoms with van der Waals surface area (Å²) in [5.41, 5.74) is 1.98. The smallest absolute Gasteiger partial charge is 0.233 e. The molecule has 23 heavy (non-hydrogen) atoms. The maximum atomic E-state index is 4.47. The minimum Gasteiger partial charge on any atom is -0.330 e. The van der Waals surface area contributed by atoms with Crippen LogP contribution in [0.1, 0.15) is 5.69 Å². The van der Waals surface area contributed by atoms with Gasteiger partial charge in [-0.3, -0.25) is 4.40 Å². The van der Waals surface area contributed by atoms with Crippen molar-refractivity contribution in [2.45, 2.75) is 10.1 Å². The fourth-order valence-corrected chi connectivity index (χ4v) is 3.70. The summed E-state index contributed by atoms with van der Waals surface area (Å²) in [6.07, 6.45) is 5.67. The first-order valence-corrected chi connectivity index (χ1v) is 8.74. The average molecular weight is 340 g/mol. The van der Waals surface area contributed by atoms with E-state index in [1.54, 1.807) is 18.0 Å². The van der Waals surface area contributed by atoms with Crippen LogP contribution >= 0.6 is 23.1 Å². The van der Waals surface area contributed by atoms with Gasteiger partial charge in [0.1, 0.15) is 0 Å². The molecule has 0 radical (unpaired) electrons. The summed E-state index contributed by atoms with van der Waals surface area (Å²) in [5.74, 6) is 1.45. The first-order valence-electron chi connectivity index (χ1n) is 6.94. The van der Waals surface area contributed by atoms with E-state index in [0.717, 1.165) is 26.6 Å². The number of nitrogens with one attached hydrogen (secondary N) is 1. The highest BCUT2D eigenvalue weighted by atomic mass is 32.2. The van der Waals surface area contributed by atoms with Crippen LogP contribution in [0.5, 0.6) is 0 Å². The summed E-state index contributed by atoms with van der Waals surface area (Å²) in [5, 5.41) is 12.4. The maximum absolute atomic E-state index is 4.47. The van der Waals surface area contributed by atoms with Gasteiger partial charge in [0.15, 0.2) is 4.34 Å². The lowest BCUT2D eigenvalue weighted by Gasteiger charge is -1.99. The van der Waals surface area contributed by atoms with Crippen molar-refractivity contribution in [1.82, 2.24) is 24.6 Å². The van der Waals surface area contributed by atoms with Crippen molar-refractivity contribution in [3.63, 3.8) is 0 Å². The van der Waals surface area contributed by atoms with Crippen molar-refractivity contribution in [1.29, 1.82) is 0 Å². The van der Waals surface area contributed by atoms with E-state index in [1.807, 2.05) is 53.2 Å². The van der Waals surface area contributed by atoms with Crippen LogP contribution in [0.2, 0.25) is 0 Å².